The largest absolute Gasteiger partial charge is 0.353 e. The molecule has 1 rings (SSSR count). The maximum Gasteiger partial charge on any atom is 0.217 e. The van der Waals surface area contributed by atoms with Crippen molar-refractivity contribution >= 4 is 5.91 Å². The van der Waals surface area contributed by atoms with Gasteiger partial charge in [0.15, 0.2) is 0 Å². The van der Waals surface area contributed by atoms with E-state index >= 15 is 0 Å². The summed E-state index contributed by atoms with van der Waals surface area (Å²) >= 11 is 0. The molecule has 0 aliphatic heterocycles. The molecule has 1 N–H and O–H groups in total. The lowest BCUT2D eigenvalue weighted by Crippen LogP contribution is -2.50. The van der Waals surface area contributed by atoms with E-state index in [0.29, 0.717) is 17.9 Å². The van der Waals surface area contributed by atoms with Gasteiger partial charge in [0.1, 0.15) is 0 Å². The number of carbonyl (C=O) groups is 1. The summed E-state index contributed by atoms with van der Waals surface area (Å²) in [4.78, 5) is 10.6. The molecule has 2 unspecified atom stereocenters. The van der Waals surface area contributed by atoms with E-state index in [9.17, 15) is 4.79 Å². The Morgan fingerprint density at radius 3 is 2.10 bits per heavy atom. The molecule has 1 aliphatic rings. The number of hydrogen-bond donors (Lipinski definition) is 1. The van der Waals surface area contributed by atoms with Crippen LogP contribution in [0.2, 0.25) is 0 Å². The summed E-state index contributed by atoms with van der Waals surface area (Å²) in [6.07, 6.45) is 1.25. The summed E-state index contributed by atoms with van der Waals surface area (Å²) in [5.74, 6) is 1.46. The normalized spacial score (nSPS) is 38.5. The SMILES string of the molecule is CC(=O)NC1C(C)CC1C. The second-order valence-corrected chi connectivity index (χ2v) is 3.42. The molecule has 0 heterocycles. The molecule has 10 heavy (non-hydrogen) atoms. The second kappa shape index (κ2) is 2.60. The predicted octanol–water partition coefficient (Wildman–Crippen LogP) is 1.17. The van der Waals surface area contributed by atoms with Crippen molar-refractivity contribution in [3.63, 3.8) is 0 Å². The van der Waals surface area contributed by atoms with Crippen molar-refractivity contribution in [1.29, 1.82) is 0 Å². The Morgan fingerprint density at radius 2 is 1.90 bits per heavy atom. The Morgan fingerprint density at radius 1 is 1.40 bits per heavy atom. The Balaban J connectivity index is 2.33. The van der Waals surface area contributed by atoms with Crippen molar-refractivity contribution in [2.24, 2.45) is 11.8 Å². The fourth-order valence-electron chi connectivity index (χ4n) is 1.76. The lowest BCUT2D eigenvalue weighted by atomic mass is 9.72. The quantitative estimate of drug-likeness (QED) is 0.583. The number of nitrogens with one attached hydrogen (secondary N) is 1. The third kappa shape index (κ3) is 1.31. The molecule has 0 bridgehead atoms. The zero-order valence-electron chi connectivity index (χ0n) is 6.85. The third-order valence-corrected chi connectivity index (χ3v) is 2.34. The Kier molecular flexibility index (Phi) is 1.97. The Labute approximate surface area is 62.0 Å². The van der Waals surface area contributed by atoms with Crippen molar-refractivity contribution < 1.29 is 4.79 Å². The smallest absolute Gasteiger partial charge is 0.217 e. The van der Waals surface area contributed by atoms with Crippen molar-refractivity contribution in [2.75, 3.05) is 0 Å². The average Bonchev–Trinajstić information content (AvgIpc) is 1.84. The summed E-state index contributed by atoms with van der Waals surface area (Å²) < 4.78 is 0. The van der Waals surface area contributed by atoms with Gasteiger partial charge in [-0.3, -0.25) is 4.79 Å². The monoisotopic (exact) mass is 141 g/mol. The fourth-order valence-corrected chi connectivity index (χ4v) is 1.76. The van der Waals surface area contributed by atoms with Gasteiger partial charge in [0.2, 0.25) is 5.91 Å². The molecule has 0 aromatic heterocycles. The first-order valence-corrected chi connectivity index (χ1v) is 3.88. The number of hydrogen-bond acceptors (Lipinski definition) is 1. The first kappa shape index (κ1) is 7.58. The minimum atomic E-state index is 0.100. The molecular formula is C8H15NO. The molecule has 0 saturated heterocycles. The van der Waals surface area contributed by atoms with Gasteiger partial charge in [-0.15, -0.1) is 0 Å². The van der Waals surface area contributed by atoms with E-state index in [1.807, 2.05) is 0 Å². The molecule has 1 amide bonds. The van der Waals surface area contributed by atoms with E-state index in [1.54, 1.807) is 6.92 Å². The highest BCUT2D eigenvalue weighted by Gasteiger charge is 2.34. The van der Waals surface area contributed by atoms with Crippen LogP contribution in [0.4, 0.5) is 0 Å². The standard InChI is InChI=1S/C8H15NO/c1-5-4-6(2)8(5)9-7(3)10/h5-6,8H,4H2,1-3H3,(H,9,10). The highest BCUT2D eigenvalue weighted by Crippen LogP contribution is 2.32. The van der Waals surface area contributed by atoms with Crippen LogP contribution in [0.5, 0.6) is 0 Å². The topological polar surface area (TPSA) is 29.1 Å². The molecule has 58 valence electrons. The van der Waals surface area contributed by atoms with E-state index in [0.717, 1.165) is 0 Å². The molecule has 2 nitrogen and oxygen atoms in total. The van der Waals surface area contributed by atoms with Crippen molar-refractivity contribution in [2.45, 2.75) is 33.2 Å². The van der Waals surface area contributed by atoms with Crippen LogP contribution in [0.15, 0.2) is 0 Å². The Bertz CT molecular complexity index is 136. The average molecular weight is 141 g/mol. The van der Waals surface area contributed by atoms with Gasteiger partial charge in [-0.05, 0) is 18.3 Å². The van der Waals surface area contributed by atoms with Crippen LogP contribution in [0, 0.1) is 11.8 Å². The molecule has 0 radical (unpaired) electrons. The van der Waals surface area contributed by atoms with E-state index in [4.69, 9.17) is 0 Å². The van der Waals surface area contributed by atoms with Gasteiger partial charge >= 0.3 is 0 Å². The van der Waals surface area contributed by atoms with Crippen LogP contribution in [-0.4, -0.2) is 11.9 Å². The number of amides is 1. The minimum absolute atomic E-state index is 0.100. The van der Waals surface area contributed by atoms with E-state index in [-0.39, 0.29) is 5.91 Å². The van der Waals surface area contributed by atoms with Crippen LogP contribution in [0.1, 0.15) is 27.2 Å². The first-order chi connectivity index (χ1) is 4.61. The van der Waals surface area contributed by atoms with E-state index in [2.05, 4.69) is 19.2 Å². The molecule has 1 saturated carbocycles. The van der Waals surface area contributed by atoms with Crippen molar-refractivity contribution in [3.8, 4) is 0 Å². The lowest BCUT2D eigenvalue weighted by molar-refractivity contribution is -0.121. The van der Waals surface area contributed by atoms with E-state index < -0.39 is 0 Å². The minimum Gasteiger partial charge on any atom is -0.353 e. The maximum absolute atomic E-state index is 10.6. The Hall–Kier alpha value is -0.530. The van der Waals surface area contributed by atoms with Gasteiger partial charge in [-0.2, -0.15) is 0 Å². The molecule has 1 fully saturated rings. The highest BCUT2D eigenvalue weighted by atomic mass is 16.1. The third-order valence-electron chi connectivity index (χ3n) is 2.34. The molecule has 0 aromatic carbocycles. The zero-order chi connectivity index (χ0) is 7.72. The molecular weight excluding hydrogens is 126 g/mol. The van der Waals surface area contributed by atoms with Crippen LogP contribution in [0.3, 0.4) is 0 Å². The van der Waals surface area contributed by atoms with Gasteiger partial charge in [-0.25, -0.2) is 0 Å². The maximum atomic E-state index is 10.6. The summed E-state index contributed by atoms with van der Waals surface area (Å²) in [5.41, 5.74) is 0. The zero-order valence-corrected chi connectivity index (χ0v) is 6.85. The summed E-state index contributed by atoms with van der Waals surface area (Å²) in [5, 5.41) is 2.94. The van der Waals surface area contributed by atoms with Crippen LogP contribution in [-0.2, 0) is 4.79 Å². The van der Waals surface area contributed by atoms with Crippen LogP contribution >= 0.6 is 0 Å². The first-order valence-electron chi connectivity index (χ1n) is 3.88. The number of carbonyl (C=O) groups excluding carboxylic acids is 1. The van der Waals surface area contributed by atoms with Crippen molar-refractivity contribution in [1.82, 2.24) is 5.32 Å². The van der Waals surface area contributed by atoms with Gasteiger partial charge in [0, 0.05) is 13.0 Å². The predicted molar refractivity (Wildman–Crippen MR) is 40.5 cm³/mol. The number of rotatable bonds is 1. The molecule has 0 spiro atoms. The summed E-state index contributed by atoms with van der Waals surface area (Å²) in [6.45, 7) is 5.94. The van der Waals surface area contributed by atoms with Gasteiger partial charge in [0.05, 0.1) is 0 Å². The highest BCUT2D eigenvalue weighted by molar-refractivity contribution is 5.73. The second-order valence-electron chi connectivity index (χ2n) is 3.42. The molecule has 0 aromatic rings. The molecule has 2 heteroatoms. The van der Waals surface area contributed by atoms with Crippen molar-refractivity contribution in [3.05, 3.63) is 0 Å². The van der Waals surface area contributed by atoms with Crippen LogP contribution in [0.25, 0.3) is 0 Å². The van der Waals surface area contributed by atoms with Gasteiger partial charge in [0.25, 0.3) is 0 Å². The summed E-state index contributed by atoms with van der Waals surface area (Å²) in [7, 11) is 0. The lowest BCUT2D eigenvalue weighted by Gasteiger charge is -2.41. The summed E-state index contributed by atoms with van der Waals surface area (Å²) in [6, 6.07) is 0.442. The molecule has 2 atom stereocenters. The fraction of sp³-hybridized carbons (Fsp3) is 0.875. The van der Waals surface area contributed by atoms with Gasteiger partial charge in [-0.1, -0.05) is 13.8 Å². The molecule has 1 aliphatic carbocycles. The van der Waals surface area contributed by atoms with Gasteiger partial charge < -0.3 is 5.32 Å². The van der Waals surface area contributed by atoms with E-state index in [1.165, 1.54) is 6.42 Å². The van der Waals surface area contributed by atoms with Crippen LogP contribution < -0.4 is 5.32 Å².